The largest absolute Gasteiger partial charge is 0.343 e. The maximum atomic E-state index is 3.32. The van der Waals surface area contributed by atoms with Crippen LogP contribution in [0.3, 0.4) is 0 Å². The lowest BCUT2D eigenvalue weighted by Crippen LogP contribution is -2.61. The van der Waals surface area contributed by atoms with Gasteiger partial charge in [0.1, 0.15) is 0 Å². The highest BCUT2D eigenvalue weighted by molar-refractivity contribution is 6.11. The molecule has 0 aliphatic rings. The second kappa shape index (κ2) is 5.15. The average molecular weight is 285 g/mol. The van der Waals surface area contributed by atoms with Crippen LogP contribution in [0, 0.1) is 0 Å². The van der Waals surface area contributed by atoms with Gasteiger partial charge < -0.3 is 4.57 Å². The Morgan fingerprint density at radius 1 is 0.864 bits per heavy atom. The number of nitrogens with one attached hydrogen (secondary N) is 1. The van der Waals surface area contributed by atoms with E-state index in [1.165, 1.54) is 27.0 Å². The lowest BCUT2D eigenvalue weighted by molar-refractivity contribution is -0.345. The van der Waals surface area contributed by atoms with Gasteiger partial charge in [-0.2, -0.15) is 0 Å². The fourth-order valence-electron chi connectivity index (χ4n) is 3.08. The Bertz CT molecular complexity index is 1020. The topological polar surface area (TPSA) is 18.9 Å². The van der Waals surface area contributed by atoms with Crippen LogP contribution in [0.1, 0.15) is 0 Å². The monoisotopic (exact) mass is 285 g/mol. The van der Waals surface area contributed by atoms with Gasteiger partial charge in [-0.15, -0.1) is 0 Å². The summed E-state index contributed by atoms with van der Waals surface area (Å²) < 4.78 is 2.25. The predicted octanol–water partition coefficient (Wildman–Crippen LogP) is 2.31. The van der Waals surface area contributed by atoms with Gasteiger partial charge in [0.2, 0.25) is 5.69 Å². The Morgan fingerprint density at radius 2 is 1.64 bits per heavy atom. The first kappa shape index (κ1) is 12.8. The molecule has 0 fully saturated rings. The fourth-order valence-corrected chi connectivity index (χ4v) is 3.08. The third-order valence-corrected chi connectivity index (χ3v) is 4.15. The molecule has 0 radical (unpaired) electrons. The summed E-state index contributed by atoms with van der Waals surface area (Å²) in [5, 5.41) is 5.14. The van der Waals surface area contributed by atoms with Crippen molar-refractivity contribution in [1.82, 2.24) is 4.57 Å². The Hall–Kier alpha value is -2.87. The molecule has 0 unspecified atom stereocenters. The van der Waals surface area contributed by atoms with E-state index in [2.05, 4.69) is 71.2 Å². The summed E-state index contributed by atoms with van der Waals surface area (Å²) in [5.74, 6) is 0. The zero-order valence-electron chi connectivity index (χ0n) is 12.5. The van der Waals surface area contributed by atoms with Gasteiger partial charge in [0, 0.05) is 41.5 Å². The van der Waals surface area contributed by atoms with Gasteiger partial charge in [-0.05, 0) is 11.5 Å². The van der Waals surface area contributed by atoms with Crippen LogP contribution in [0.15, 0.2) is 66.7 Å². The summed E-state index contributed by atoms with van der Waals surface area (Å²) in [5.41, 5.74) is 2.36. The molecule has 1 aromatic heterocycles. The zero-order valence-corrected chi connectivity index (χ0v) is 12.5. The van der Waals surface area contributed by atoms with E-state index in [0.717, 1.165) is 5.69 Å². The summed E-state index contributed by atoms with van der Waals surface area (Å²) in [6, 6.07) is 23.2. The van der Waals surface area contributed by atoms with Crippen molar-refractivity contribution >= 4 is 39.7 Å². The van der Waals surface area contributed by atoms with Crippen molar-refractivity contribution in [2.24, 2.45) is 7.05 Å². The molecule has 0 amide bonds. The second-order valence-electron chi connectivity index (χ2n) is 5.47. The smallest absolute Gasteiger partial charge is 0.203 e. The molecule has 0 aliphatic carbocycles. The van der Waals surface area contributed by atoms with Crippen LogP contribution in [0.25, 0.3) is 27.8 Å². The van der Waals surface area contributed by atoms with Crippen molar-refractivity contribution in [2.75, 3.05) is 0 Å². The maximum absolute atomic E-state index is 3.32. The SMILES string of the molecule is Cn1c(=CC=[NH+]c2ccccc2)c2cccc3cccc1c32. The van der Waals surface area contributed by atoms with Gasteiger partial charge in [-0.3, -0.25) is 0 Å². The van der Waals surface area contributed by atoms with E-state index in [4.69, 9.17) is 0 Å². The molecule has 4 aromatic rings. The summed E-state index contributed by atoms with van der Waals surface area (Å²) in [4.78, 5) is 3.32. The maximum Gasteiger partial charge on any atom is 0.203 e. The third-order valence-electron chi connectivity index (χ3n) is 4.15. The van der Waals surface area contributed by atoms with Crippen molar-refractivity contribution < 1.29 is 4.99 Å². The molecule has 0 atom stereocenters. The predicted molar refractivity (Wildman–Crippen MR) is 93.2 cm³/mol. The molecular weight excluding hydrogens is 268 g/mol. The van der Waals surface area contributed by atoms with Crippen LogP contribution in [0.5, 0.6) is 0 Å². The Labute approximate surface area is 129 Å². The van der Waals surface area contributed by atoms with Gasteiger partial charge in [0.15, 0.2) is 6.21 Å². The third kappa shape index (κ3) is 2.01. The first-order chi connectivity index (χ1) is 10.8. The number of hydrogen-bond acceptors (Lipinski definition) is 0. The highest BCUT2D eigenvalue weighted by Crippen LogP contribution is 2.24. The van der Waals surface area contributed by atoms with E-state index < -0.39 is 0 Å². The highest BCUT2D eigenvalue weighted by atomic mass is 14.9. The van der Waals surface area contributed by atoms with Crippen LogP contribution < -0.4 is 10.3 Å². The fraction of sp³-hybridized carbons (Fsp3) is 0.0500. The summed E-state index contributed by atoms with van der Waals surface area (Å²) in [6.45, 7) is 0. The van der Waals surface area contributed by atoms with E-state index in [1.54, 1.807) is 0 Å². The molecule has 0 bridgehead atoms. The number of aryl methyl sites for hydroxylation is 1. The average Bonchev–Trinajstić information content (AvgIpc) is 2.84. The van der Waals surface area contributed by atoms with Gasteiger partial charge in [0.05, 0.1) is 5.35 Å². The Kier molecular flexibility index (Phi) is 3.01. The van der Waals surface area contributed by atoms with Crippen molar-refractivity contribution in [3.05, 3.63) is 72.1 Å². The van der Waals surface area contributed by atoms with Crippen LogP contribution >= 0.6 is 0 Å². The summed E-state index contributed by atoms with van der Waals surface area (Å²) >= 11 is 0. The quantitative estimate of drug-likeness (QED) is 0.545. The molecular formula is C20H17N2+. The minimum Gasteiger partial charge on any atom is -0.343 e. The molecule has 1 heterocycles. The molecule has 0 saturated carbocycles. The molecule has 0 aliphatic heterocycles. The minimum absolute atomic E-state index is 1.09. The summed E-state index contributed by atoms with van der Waals surface area (Å²) in [6.07, 6.45) is 4.15. The molecule has 0 saturated heterocycles. The van der Waals surface area contributed by atoms with Crippen LogP contribution in [-0.2, 0) is 7.05 Å². The van der Waals surface area contributed by atoms with E-state index >= 15 is 0 Å². The lowest BCUT2D eigenvalue weighted by atomic mass is 10.1. The lowest BCUT2D eigenvalue weighted by Gasteiger charge is -1.97. The molecule has 4 rings (SSSR count). The Morgan fingerprint density at radius 3 is 2.45 bits per heavy atom. The molecule has 1 N–H and O–H groups in total. The number of para-hydroxylation sites is 1. The standard InChI is InChI=1S/C20H16N2/c1-22-18(13-14-21-16-9-3-2-4-10-16)17-11-5-7-15-8-6-12-19(22)20(15)17/h2-14H,1H3/p+1. The zero-order chi connectivity index (χ0) is 14.9. The van der Waals surface area contributed by atoms with E-state index in [0.29, 0.717) is 0 Å². The van der Waals surface area contributed by atoms with Crippen LogP contribution in [0.2, 0.25) is 0 Å². The second-order valence-corrected chi connectivity index (χ2v) is 5.47. The van der Waals surface area contributed by atoms with Gasteiger partial charge in [0.25, 0.3) is 0 Å². The number of hydrogen-bond donors (Lipinski definition) is 1. The normalized spacial score (nSPS) is 12.9. The van der Waals surface area contributed by atoms with Crippen molar-refractivity contribution in [3.63, 3.8) is 0 Å². The highest BCUT2D eigenvalue weighted by Gasteiger charge is 2.08. The Balaban J connectivity index is 1.92. The van der Waals surface area contributed by atoms with E-state index in [-0.39, 0.29) is 0 Å². The molecule has 2 heteroatoms. The molecule has 106 valence electrons. The van der Waals surface area contributed by atoms with Crippen molar-refractivity contribution in [2.45, 2.75) is 0 Å². The number of aromatic nitrogens is 1. The van der Waals surface area contributed by atoms with Crippen LogP contribution in [0.4, 0.5) is 5.69 Å². The number of rotatable bonds is 2. The molecule has 2 nitrogen and oxygen atoms in total. The van der Waals surface area contributed by atoms with Crippen LogP contribution in [-0.4, -0.2) is 10.8 Å². The molecule has 22 heavy (non-hydrogen) atoms. The van der Waals surface area contributed by atoms with Crippen molar-refractivity contribution in [1.29, 1.82) is 0 Å². The van der Waals surface area contributed by atoms with Gasteiger partial charge in [-0.25, -0.2) is 4.99 Å². The number of benzene rings is 3. The summed E-state index contributed by atoms with van der Waals surface area (Å²) in [7, 11) is 2.12. The number of nitrogens with zero attached hydrogens (tertiary/aromatic N) is 1. The van der Waals surface area contributed by atoms with E-state index in [1.807, 2.05) is 24.4 Å². The van der Waals surface area contributed by atoms with Gasteiger partial charge >= 0.3 is 0 Å². The van der Waals surface area contributed by atoms with Crippen molar-refractivity contribution in [3.8, 4) is 0 Å². The first-order valence-electron chi connectivity index (χ1n) is 7.45. The minimum atomic E-state index is 1.09. The van der Waals surface area contributed by atoms with E-state index in [9.17, 15) is 0 Å². The molecule has 0 spiro atoms. The molecule has 3 aromatic carbocycles. The van der Waals surface area contributed by atoms with Gasteiger partial charge in [-0.1, -0.05) is 48.5 Å². The first-order valence-corrected chi connectivity index (χ1v) is 7.45.